The number of hydrogen-bond donors (Lipinski definition) is 0. The zero-order valence-corrected chi connectivity index (χ0v) is 13.2. The van der Waals surface area contributed by atoms with Crippen molar-refractivity contribution in [2.24, 2.45) is 0 Å². The summed E-state index contributed by atoms with van der Waals surface area (Å²) in [4.78, 5) is 0. The first-order chi connectivity index (χ1) is 1.41. The minimum absolute atomic E-state index is 0. The normalized spacial score (nSPS) is 5.00. The molecule has 16 valence electrons. The molecule has 0 rings (SSSR count). The molecule has 0 atom stereocenters. The van der Waals surface area contributed by atoms with Crippen LogP contribution < -0.4 is 0 Å². The van der Waals surface area contributed by atoms with Crippen molar-refractivity contribution < 1.29 is 38.9 Å². The van der Waals surface area contributed by atoms with Gasteiger partial charge in [0.25, 0.3) is 0 Å². The Hall–Kier alpha value is 2.30. The van der Waals surface area contributed by atoms with Crippen molar-refractivity contribution in [3.8, 4) is 0 Å². The standard InChI is InChI=1S/Hg.S.Se.Zn. The van der Waals surface area contributed by atoms with E-state index in [2.05, 4.69) is 20.0 Å². The van der Waals surface area contributed by atoms with Gasteiger partial charge >= 0.3 is 39.4 Å². The van der Waals surface area contributed by atoms with E-state index in [9.17, 15) is 0 Å². The summed E-state index contributed by atoms with van der Waals surface area (Å²) >= 11 is 2.22. The first-order valence-corrected chi connectivity index (χ1v) is 20.8. The van der Waals surface area contributed by atoms with E-state index in [0.717, 1.165) is 0 Å². The third-order valence-corrected chi connectivity index (χ3v) is 0. The molecule has 0 aliphatic carbocycles. The molecule has 0 aliphatic heterocycles. The minimum atomic E-state index is -0.625. The van der Waals surface area contributed by atoms with Crippen LogP contribution in [0.1, 0.15) is 0 Å². The topological polar surface area (TPSA) is 0 Å². The van der Waals surface area contributed by atoms with E-state index < -0.39 is 19.4 Å². The maximum absolute atomic E-state index is 4.56. The molecule has 0 aromatic rings. The Labute approximate surface area is 57.8 Å². The fourth-order valence-electron chi connectivity index (χ4n) is 0. The van der Waals surface area contributed by atoms with Gasteiger partial charge in [-0.2, -0.15) is 0 Å². The molecule has 0 amide bonds. The van der Waals surface area contributed by atoms with E-state index in [4.69, 9.17) is 0 Å². The van der Waals surface area contributed by atoms with E-state index in [-0.39, 0.29) is 19.5 Å². The molecule has 0 heterocycles. The molecule has 0 aliphatic rings. The van der Waals surface area contributed by atoms with Gasteiger partial charge in [-0.1, -0.05) is 0 Å². The van der Waals surface area contributed by atoms with Crippen molar-refractivity contribution in [2.45, 2.75) is 0 Å². The summed E-state index contributed by atoms with van der Waals surface area (Å²) in [5, 5.41) is 0. The van der Waals surface area contributed by atoms with Crippen molar-refractivity contribution in [1.82, 2.24) is 0 Å². The molecule has 0 spiro atoms. The zero-order valence-electron chi connectivity index (χ0n) is 2.23. The first kappa shape index (κ1) is 9.57. The maximum Gasteiger partial charge on any atom is 0 e. The summed E-state index contributed by atoms with van der Waals surface area (Å²) in [6.07, 6.45) is 0. The van der Waals surface area contributed by atoms with Crippen LogP contribution in [0.4, 0.5) is 0 Å². The summed E-state index contributed by atoms with van der Waals surface area (Å²) in [6, 6.07) is 0. The van der Waals surface area contributed by atoms with Crippen molar-refractivity contribution in [3.05, 3.63) is 0 Å². The van der Waals surface area contributed by atoms with Gasteiger partial charge in [-0.05, 0) is 0 Å². The van der Waals surface area contributed by atoms with Crippen molar-refractivity contribution in [1.29, 1.82) is 0 Å². The second kappa shape index (κ2) is 9.00. The van der Waals surface area contributed by atoms with Gasteiger partial charge in [0.2, 0.25) is 0 Å². The van der Waals surface area contributed by atoms with Crippen molar-refractivity contribution in [3.63, 3.8) is 0 Å². The van der Waals surface area contributed by atoms with Crippen LogP contribution in [0.15, 0.2) is 0 Å². The Balaban J connectivity index is 0. The van der Waals surface area contributed by atoms with Crippen LogP contribution in [0, 0.1) is 0 Å². The molecule has 4 heavy (non-hydrogen) atoms. The molecular formula is HgSSeZn. The summed E-state index contributed by atoms with van der Waals surface area (Å²) in [6.45, 7) is 0. The summed E-state index contributed by atoms with van der Waals surface area (Å²) in [7, 11) is 4.56. The van der Waals surface area contributed by atoms with Gasteiger partial charge in [-0.25, -0.2) is 0 Å². The number of hydrogen-bond acceptors (Lipinski definition) is 1. The predicted octanol–water partition coefficient (Wildman–Crippen LogP) is 0.262. The van der Waals surface area contributed by atoms with Gasteiger partial charge < -0.3 is 0 Å². The Morgan fingerprint density at radius 1 is 1.75 bits per heavy atom. The van der Waals surface area contributed by atoms with Crippen molar-refractivity contribution >= 4 is 20.0 Å². The largest absolute Gasteiger partial charge is 0 e. The van der Waals surface area contributed by atoms with Crippen LogP contribution in [0.2, 0.25) is 0 Å². The second-order valence-corrected chi connectivity index (χ2v) is 16.1. The summed E-state index contributed by atoms with van der Waals surface area (Å²) in [5.74, 6) is 0. The molecule has 0 unspecified atom stereocenters. The van der Waals surface area contributed by atoms with E-state index in [1.54, 1.807) is 0 Å². The predicted molar refractivity (Wildman–Crippen MR) is 13.3 cm³/mol. The molecule has 0 fully saturated rings. The van der Waals surface area contributed by atoms with Gasteiger partial charge in [-0.3, -0.25) is 0 Å². The molecule has 0 N–H and O–H groups in total. The van der Waals surface area contributed by atoms with Crippen molar-refractivity contribution in [2.75, 3.05) is 0 Å². The van der Waals surface area contributed by atoms with Crippen LogP contribution in [0.25, 0.3) is 0 Å². The zero-order chi connectivity index (χ0) is 2.71. The Kier molecular flexibility index (Phi) is 21.5. The van der Waals surface area contributed by atoms with E-state index in [1.807, 2.05) is 0 Å². The molecule has 0 saturated carbocycles. The third kappa shape index (κ3) is 8.85. The molecule has 0 saturated heterocycles. The molecule has 0 bridgehead atoms. The summed E-state index contributed by atoms with van der Waals surface area (Å²) in [5.41, 5.74) is 0. The molecule has 0 aromatic heterocycles. The van der Waals surface area contributed by atoms with Gasteiger partial charge in [0.15, 0.2) is 0 Å². The molecular weight excluding hydrogens is 377 g/mol. The van der Waals surface area contributed by atoms with E-state index in [1.165, 1.54) is 0 Å². The quantitative estimate of drug-likeness (QED) is 0.547. The van der Waals surface area contributed by atoms with Crippen LogP contribution in [-0.4, -0.2) is 11.4 Å². The third-order valence-electron chi connectivity index (χ3n) is 0. The smallest absolute Gasteiger partial charge is 0 e. The van der Waals surface area contributed by atoms with E-state index in [0.29, 0.717) is 0 Å². The van der Waals surface area contributed by atoms with Crippen LogP contribution in [0.5, 0.6) is 0 Å². The van der Waals surface area contributed by atoms with Gasteiger partial charge in [0.05, 0.1) is 0 Å². The maximum atomic E-state index is 4.56. The summed E-state index contributed by atoms with van der Waals surface area (Å²) < 4.78 is 0. The first-order valence-electron chi connectivity index (χ1n) is 0.577. The van der Waals surface area contributed by atoms with Gasteiger partial charge in [-0.15, -0.1) is 0 Å². The molecule has 4 heteroatoms. The molecule has 0 aromatic carbocycles. The van der Waals surface area contributed by atoms with E-state index >= 15 is 0 Å². The Morgan fingerprint density at radius 3 is 1.75 bits per heavy atom. The Bertz CT molecular complexity index is 29.0. The average molecular weight is 377 g/mol. The second-order valence-electron chi connectivity index (χ2n) is 0.118. The molecule has 0 nitrogen and oxygen atoms in total. The van der Waals surface area contributed by atoms with Crippen LogP contribution in [-0.2, 0) is 38.9 Å². The fourth-order valence-corrected chi connectivity index (χ4v) is 0. The SMILES string of the molecule is [S]=[Hg]=[Se].[Zn]. The number of rotatable bonds is 0. The monoisotopic (exact) mass is 378 g/mol. The Morgan fingerprint density at radius 2 is 1.75 bits per heavy atom. The van der Waals surface area contributed by atoms with Gasteiger partial charge in [0, 0.05) is 19.5 Å². The molecule has 0 radical (unpaired) electrons. The average Bonchev–Trinajstić information content (AvgIpc) is 0.918. The minimum Gasteiger partial charge on any atom is 0 e. The van der Waals surface area contributed by atoms with Crippen LogP contribution >= 0.6 is 8.58 Å². The fraction of sp³-hybridized carbons (Fsp3) is 0. The van der Waals surface area contributed by atoms with Crippen LogP contribution in [0.3, 0.4) is 0 Å². The van der Waals surface area contributed by atoms with Gasteiger partial charge in [0.1, 0.15) is 0 Å².